The number of aryl methyl sites for hydroxylation is 1. The predicted molar refractivity (Wildman–Crippen MR) is 203 cm³/mol. The number of halogens is 2. The Bertz CT molecular complexity index is 2190. The fourth-order valence-electron chi connectivity index (χ4n) is 7.30. The molecule has 2 saturated heterocycles. The first-order chi connectivity index (χ1) is 25.2. The number of rotatable bonds is 6. The van der Waals surface area contributed by atoms with E-state index in [0.717, 1.165) is 66.5 Å². The van der Waals surface area contributed by atoms with E-state index in [-0.39, 0.29) is 27.8 Å². The summed E-state index contributed by atoms with van der Waals surface area (Å²) in [5.74, 6) is -1.05. The van der Waals surface area contributed by atoms with E-state index in [1.807, 2.05) is 49.4 Å². The van der Waals surface area contributed by atoms with Crippen molar-refractivity contribution in [1.29, 1.82) is 0 Å². The molecule has 0 radical (unpaired) electrons. The number of carbonyl (C=O) groups is 3. The average Bonchev–Trinajstić information content (AvgIpc) is 3.46. The minimum Gasteiger partial charge on any atom is -0.381 e. The lowest BCUT2D eigenvalue weighted by Crippen LogP contribution is -2.59. The minimum absolute atomic E-state index is 0.0362. The number of pyridine rings is 1. The number of thiophene rings is 1. The van der Waals surface area contributed by atoms with Gasteiger partial charge in [-0.25, -0.2) is 9.37 Å². The molecule has 8 rings (SSSR count). The number of nitrogens with zero attached hydrogens (tertiary/aromatic N) is 3. The van der Waals surface area contributed by atoms with Crippen molar-refractivity contribution >= 4 is 62.9 Å². The quantitative estimate of drug-likeness (QED) is 0.182. The molecule has 1 spiro atoms. The van der Waals surface area contributed by atoms with Crippen LogP contribution in [0.4, 0.5) is 26.6 Å². The fraction of sp³-hybridized carbons (Fsp3) is 0.250. The Labute approximate surface area is 309 Å². The van der Waals surface area contributed by atoms with Gasteiger partial charge >= 0.3 is 0 Å². The van der Waals surface area contributed by atoms with Gasteiger partial charge in [-0.1, -0.05) is 35.9 Å². The van der Waals surface area contributed by atoms with Crippen LogP contribution in [0.2, 0.25) is 5.02 Å². The monoisotopic (exact) mass is 735 g/mol. The molecule has 2 aromatic heterocycles. The zero-order valence-corrected chi connectivity index (χ0v) is 30.0. The third-order valence-electron chi connectivity index (χ3n) is 10.1. The van der Waals surface area contributed by atoms with Crippen LogP contribution in [0.25, 0.3) is 10.4 Å². The van der Waals surface area contributed by atoms with E-state index in [0.29, 0.717) is 40.6 Å². The highest BCUT2D eigenvalue weighted by atomic mass is 35.5. The normalized spacial score (nSPS) is 16.0. The molecule has 3 aliphatic rings. The third kappa shape index (κ3) is 6.44. The molecule has 3 aliphatic heterocycles. The van der Waals surface area contributed by atoms with Gasteiger partial charge in [0.15, 0.2) is 0 Å². The maximum atomic E-state index is 14.4. The van der Waals surface area contributed by atoms with E-state index in [4.69, 9.17) is 21.3 Å². The van der Waals surface area contributed by atoms with Gasteiger partial charge in [-0.2, -0.15) is 0 Å². The highest BCUT2D eigenvalue weighted by Gasteiger charge is 2.45. The Kier molecular flexibility index (Phi) is 9.02. The molecule has 0 unspecified atom stereocenters. The summed E-state index contributed by atoms with van der Waals surface area (Å²) in [4.78, 5) is 50.1. The molecule has 52 heavy (non-hydrogen) atoms. The first-order valence-electron chi connectivity index (χ1n) is 17.2. The number of aromatic nitrogens is 1. The van der Waals surface area contributed by atoms with Crippen molar-refractivity contribution in [2.75, 3.05) is 53.3 Å². The maximum absolute atomic E-state index is 14.4. The Morgan fingerprint density at radius 3 is 2.46 bits per heavy atom. The number of benzene rings is 3. The van der Waals surface area contributed by atoms with Gasteiger partial charge in [0.2, 0.25) is 0 Å². The number of anilines is 4. The second-order valence-electron chi connectivity index (χ2n) is 13.6. The van der Waals surface area contributed by atoms with E-state index >= 15 is 0 Å². The molecule has 3 amide bonds. The molecule has 0 saturated carbocycles. The largest absolute Gasteiger partial charge is 0.381 e. The van der Waals surface area contributed by atoms with Gasteiger partial charge < -0.3 is 25.2 Å². The van der Waals surface area contributed by atoms with Crippen molar-refractivity contribution < 1.29 is 23.5 Å². The summed E-state index contributed by atoms with van der Waals surface area (Å²) in [6, 6.07) is 24.2. The van der Waals surface area contributed by atoms with E-state index in [2.05, 4.69) is 15.5 Å². The first-order valence-corrected chi connectivity index (χ1v) is 18.4. The number of ether oxygens (including phenoxy) is 1. The zero-order valence-electron chi connectivity index (χ0n) is 28.4. The fourth-order valence-corrected chi connectivity index (χ4v) is 8.69. The van der Waals surface area contributed by atoms with E-state index < -0.39 is 11.7 Å². The van der Waals surface area contributed by atoms with Crippen LogP contribution in [0.5, 0.6) is 0 Å². The summed E-state index contributed by atoms with van der Waals surface area (Å²) < 4.78 is 20.0. The van der Waals surface area contributed by atoms with Crippen LogP contribution in [0.15, 0.2) is 84.9 Å². The number of amides is 3. The lowest BCUT2D eigenvalue weighted by Gasteiger charge is -2.53. The molecular formula is C40H35ClFN5O4S. The van der Waals surface area contributed by atoms with Gasteiger partial charge in [0.05, 0.1) is 26.8 Å². The minimum atomic E-state index is -0.693. The molecular weight excluding hydrogens is 701 g/mol. The van der Waals surface area contributed by atoms with Gasteiger partial charge in [-0.15, -0.1) is 11.3 Å². The highest BCUT2D eigenvalue weighted by Crippen LogP contribution is 2.44. The van der Waals surface area contributed by atoms with Crippen molar-refractivity contribution in [3.63, 3.8) is 0 Å². The number of nitrogens with one attached hydrogen (secondary N) is 2. The van der Waals surface area contributed by atoms with Crippen molar-refractivity contribution in [2.45, 2.75) is 26.2 Å². The molecule has 264 valence electrons. The SMILES string of the molecule is Cc1ccc(C(=O)Nc2ccc(C(=O)N3CCc4cc(NC(=O)c5c(F)cccc5Cl)sc4-c4ccccc43)cc2)c(N2CC3(CCOCC3)C2)n1. The summed E-state index contributed by atoms with van der Waals surface area (Å²) in [7, 11) is 0. The highest BCUT2D eigenvalue weighted by molar-refractivity contribution is 7.19. The predicted octanol–water partition coefficient (Wildman–Crippen LogP) is 8.24. The lowest BCUT2D eigenvalue weighted by atomic mass is 9.73. The molecule has 12 heteroatoms. The molecule has 5 heterocycles. The van der Waals surface area contributed by atoms with Gasteiger partial charge in [0.25, 0.3) is 17.7 Å². The molecule has 2 N–H and O–H groups in total. The molecule has 5 aromatic rings. The van der Waals surface area contributed by atoms with Crippen LogP contribution < -0.4 is 20.4 Å². The summed E-state index contributed by atoms with van der Waals surface area (Å²) in [6.07, 6.45) is 2.58. The van der Waals surface area contributed by atoms with Crippen molar-refractivity contribution in [3.05, 3.63) is 124 Å². The standard InChI is InChI=1S/C40H35ClFN5O4S/c1-24-9-14-29(36(43-24)46-22-40(23-46)16-19-51-20-17-40)37(48)44-27-12-10-25(11-13-27)39(50)47-18-15-26-21-33(52-35(26)28-5-2-3-8-32(28)47)45-38(49)34-30(41)6-4-7-31(34)42/h2-14,21H,15-20,22-23H2,1H3,(H,44,48)(H,45,49). The molecule has 0 bridgehead atoms. The van der Waals surface area contributed by atoms with Crippen LogP contribution in [0, 0.1) is 18.2 Å². The van der Waals surface area contributed by atoms with E-state index in [1.165, 1.54) is 29.5 Å². The van der Waals surface area contributed by atoms with Crippen LogP contribution in [-0.2, 0) is 11.2 Å². The molecule has 9 nitrogen and oxygen atoms in total. The Balaban J connectivity index is 0.971. The average molecular weight is 736 g/mol. The number of hydrogen-bond acceptors (Lipinski definition) is 7. The van der Waals surface area contributed by atoms with Gasteiger partial charge in [0, 0.05) is 65.6 Å². The summed E-state index contributed by atoms with van der Waals surface area (Å²) in [6.45, 7) is 5.60. The number of para-hydroxylation sites is 1. The van der Waals surface area contributed by atoms with Gasteiger partial charge in [-0.05, 0) is 92.4 Å². The number of hydrogen-bond donors (Lipinski definition) is 2. The lowest BCUT2D eigenvalue weighted by molar-refractivity contribution is -0.000519. The van der Waals surface area contributed by atoms with Crippen LogP contribution in [-0.4, -0.2) is 55.6 Å². The molecule has 3 aromatic carbocycles. The first kappa shape index (κ1) is 34.0. The topological polar surface area (TPSA) is 104 Å². The Morgan fingerprint density at radius 1 is 0.923 bits per heavy atom. The Hall–Kier alpha value is -5.10. The van der Waals surface area contributed by atoms with Crippen LogP contribution in [0.1, 0.15) is 55.2 Å². The van der Waals surface area contributed by atoms with Crippen LogP contribution >= 0.6 is 22.9 Å². The van der Waals surface area contributed by atoms with Gasteiger partial charge in [0.1, 0.15) is 11.6 Å². The second kappa shape index (κ2) is 13.8. The zero-order chi connectivity index (χ0) is 36.0. The van der Waals surface area contributed by atoms with Crippen LogP contribution in [0.3, 0.4) is 0 Å². The second-order valence-corrected chi connectivity index (χ2v) is 15.0. The number of carbonyl (C=O) groups excluding carboxylic acids is 3. The van der Waals surface area contributed by atoms with Crippen molar-refractivity contribution in [2.24, 2.45) is 5.41 Å². The summed E-state index contributed by atoms with van der Waals surface area (Å²) in [5.41, 5.74) is 5.01. The van der Waals surface area contributed by atoms with Gasteiger partial charge in [-0.3, -0.25) is 14.4 Å². The maximum Gasteiger partial charge on any atom is 0.260 e. The van der Waals surface area contributed by atoms with E-state index in [1.54, 1.807) is 29.2 Å². The summed E-state index contributed by atoms with van der Waals surface area (Å²) >= 11 is 7.49. The van der Waals surface area contributed by atoms with Crippen molar-refractivity contribution in [3.8, 4) is 10.4 Å². The molecule has 2 fully saturated rings. The van der Waals surface area contributed by atoms with E-state index in [9.17, 15) is 18.8 Å². The molecule has 0 aliphatic carbocycles. The smallest absolute Gasteiger partial charge is 0.260 e. The Morgan fingerprint density at radius 2 is 1.69 bits per heavy atom. The molecule has 0 atom stereocenters. The summed E-state index contributed by atoms with van der Waals surface area (Å²) in [5, 5.41) is 6.40. The number of fused-ring (bicyclic) bond motifs is 3. The third-order valence-corrected chi connectivity index (χ3v) is 11.5. The van der Waals surface area contributed by atoms with Crippen molar-refractivity contribution in [1.82, 2.24) is 4.98 Å².